The number of benzene rings is 3. The molecule has 0 saturated heterocycles. The molecule has 0 aliphatic rings. The van der Waals surface area contributed by atoms with E-state index in [2.05, 4.69) is 9.82 Å². The highest BCUT2D eigenvalue weighted by atomic mass is 35.5. The van der Waals surface area contributed by atoms with Crippen LogP contribution < -0.4 is 9.46 Å². The predicted octanol–water partition coefficient (Wildman–Crippen LogP) is 5.24. The fourth-order valence-corrected chi connectivity index (χ4v) is 4.63. The van der Waals surface area contributed by atoms with Crippen molar-refractivity contribution in [2.24, 2.45) is 0 Å². The Morgan fingerprint density at radius 2 is 1.66 bits per heavy atom. The van der Waals surface area contributed by atoms with Gasteiger partial charge in [-0.3, -0.25) is 9.48 Å². The van der Waals surface area contributed by atoms with Crippen LogP contribution in [0.15, 0.2) is 83.8 Å². The summed E-state index contributed by atoms with van der Waals surface area (Å²) in [5, 5.41) is 5.48. The molecule has 0 spiro atoms. The van der Waals surface area contributed by atoms with Crippen molar-refractivity contribution >= 4 is 39.1 Å². The molecule has 1 N–H and O–H groups in total. The Labute approximate surface area is 213 Å². The number of sulfonamides is 1. The summed E-state index contributed by atoms with van der Waals surface area (Å²) in [4.78, 5) is 12.6. The van der Waals surface area contributed by atoms with Gasteiger partial charge in [0.25, 0.3) is 15.9 Å². The highest BCUT2D eigenvalue weighted by Crippen LogP contribution is 2.25. The summed E-state index contributed by atoms with van der Waals surface area (Å²) in [7, 11) is -4.01. The van der Waals surface area contributed by atoms with Crippen LogP contribution in [-0.4, -0.2) is 24.1 Å². The second kappa shape index (κ2) is 10.5. The van der Waals surface area contributed by atoms with Gasteiger partial charge in [0.05, 0.1) is 11.4 Å². The molecule has 0 radical (unpaired) electrons. The number of aromatic nitrogens is 2. The van der Waals surface area contributed by atoms with Crippen molar-refractivity contribution in [3.05, 3.63) is 111 Å². The largest absolute Gasteiger partial charge is 0.489 e. The standard InChI is InChI=1S/C25H21Cl2N3O4S/c1-17-13-23(25(31)29-35(32,33)22-5-3-2-4-6-22)28-30(17)15-19-14-21(27)11-12-24(19)34-16-18-7-9-20(26)10-8-18/h2-14H,15-16H2,1H3,(H,29,31). The zero-order valence-corrected chi connectivity index (χ0v) is 20.9. The van der Waals surface area contributed by atoms with Gasteiger partial charge in [0.1, 0.15) is 12.4 Å². The van der Waals surface area contributed by atoms with Crippen LogP contribution in [0.1, 0.15) is 27.3 Å². The average molecular weight is 530 g/mol. The van der Waals surface area contributed by atoms with Gasteiger partial charge in [-0.25, -0.2) is 13.1 Å². The number of amides is 1. The van der Waals surface area contributed by atoms with Gasteiger partial charge in [-0.05, 0) is 61.0 Å². The van der Waals surface area contributed by atoms with Crippen molar-refractivity contribution < 1.29 is 17.9 Å². The molecule has 3 aromatic carbocycles. The minimum atomic E-state index is -4.01. The topological polar surface area (TPSA) is 90.3 Å². The van der Waals surface area contributed by atoms with Gasteiger partial charge in [0.2, 0.25) is 0 Å². The summed E-state index contributed by atoms with van der Waals surface area (Å²) in [6.07, 6.45) is 0. The Kier molecular flexibility index (Phi) is 7.45. The molecule has 35 heavy (non-hydrogen) atoms. The number of hydrogen-bond acceptors (Lipinski definition) is 5. The third-order valence-electron chi connectivity index (χ3n) is 5.14. The van der Waals surface area contributed by atoms with Crippen molar-refractivity contribution in [3.8, 4) is 5.75 Å². The summed E-state index contributed by atoms with van der Waals surface area (Å²) in [5.74, 6) is -0.210. The van der Waals surface area contributed by atoms with Crippen LogP contribution in [0.5, 0.6) is 5.75 Å². The van der Waals surface area contributed by atoms with Gasteiger partial charge in [-0.2, -0.15) is 5.10 Å². The molecule has 0 atom stereocenters. The predicted molar refractivity (Wildman–Crippen MR) is 134 cm³/mol. The molecule has 0 fully saturated rings. The minimum absolute atomic E-state index is 0.00842. The van der Waals surface area contributed by atoms with Gasteiger partial charge in [-0.1, -0.05) is 53.5 Å². The van der Waals surface area contributed by atoms with Gasteiger partial charge in [0, 0.05) is 21.3 Å². The maximum atomic E-state index is 12.6. The van der Waals surface area contributed by atoms with Crippen molar-refractivity contribution in [3.63, 3.8) is 0 Å². The highest BCUT2D eigenvalue weighted by Gasteiger charge is 2.21. The molecule has 0 unspecified atom stereocenters. The first-order valence-electron chi connectivity index (χ1n) is 10.5. The quantitative estimate of drug-likeness (QED) is 0.336. The molecular weight excluding hydrogens is 509 g/mol. The number of carbonyl (C=O) groups is 1. The van der Waals surface area contributed by atoms with E-state index in [1.54, 1.807) is 60.1 Å². The van der Waals surface area contributed by atoms with E-state index in [4.69, 9.17) is 27.9 Å². The summed E-state index contributed by atoms with van der Waals surface area (Å²) in [5.41, 5.74) is 2.34. The number of aryl methyl sites for hydroxylation is 1. The van der Waals surface area contributed by atoms with E-state index in [1.807, 2.05) is 12.1 Å². The second-order valence-corrected chi connectivity index (χ2v) is 10.3. The smallest absolute Gasteiger partial charge is 0.285 e. The minimum Gasteiger partial charge on any atom is -0.489 e. The highest BCUT2D eigenvalue weighted by molar-refractivity contribution is 7.90. The number of nitrogens with one attached hydrogen (secondary N) is 1. The first kappa shape index (κ1) is 24.8. The fraction of sp³-hybridized carbons (Fsp3) is 0.120. The lowest BCUT2D eigenvalue weighted by molar-refractivity contribution is 0.0975. The maximum Gasteiger partial charge on any atom is 0.285 e. The molecule has 0 bridgehead atoms. The molecule has 1 heterocycles. The van der Waals surface area contributed by atoms with E-state index in [0.717, 1.165) is 11.1 Å². The van der Waals surface area contributed by atoms with Crippen LogP contribution in [0.3, 0.4) is 0 Å². The van der Waals surface area contributed by atoms with E-state index in [1.165, 1.54) is 18.2 Å². The van der Waals surface area contributed by atoms with E-state index in [9.17, 15) is 13.2 Å². The Hall–Kier alpha value is -3.33. The lowest BCUT2D eigenvalue weighted by atomic mass is 10.2. The van der Waals surface area contributed by atoms with Crippen LogP contribution in [0.25, 0.3) is 0 Å². The second-order valence-electron chi connectivity index (χ2n) is 7.74. The maximum absolute atomic E-state index is 12.6. The van der Waals surface area contributed by atoms with Crippen LogP contribution >= 0.6 is 23.2 Å². The van der Waals surface area contributed by atoms with Crippen molar-refractivity contribution in [2.45, 2.75) is 25.0 Å². The number of ether oxygens (including phenoxy) is 1. The van der Waals surface area contributed by atoms with E-state index in [-0.39, 0.29) is 17.1 Å². The summed E-state index contributed by atoms with van der Waals surface area (Å²) in [6.45, 7) is 2.37. The first-order valence-corrected chi connectivity index (χ1v) is 12.8. The average Bonchev–Trinajstić information content (AvgIpc) is 3.20. The van der Waals surface area contributed by atoms with Crippen LogP contribution in [0, 0.1) is 6.92 Å². The number of halogens is 2. The molecule has 1 amide bonds. The summed E-state index contributed by atoms with van der Waals surface area (Å²) in [6, 6.07) is 21.8. The van der Waals surface area contributed by atoms with Gasteiger partial charge >= 0.3 is 0 Å². The molecular formula is C25H21Cl2N3O4S. The monoisotopic (exact) mass is 529 g/mol. The zero-order valence-electron chi connectivity index (χ0n) is 18.6. The molecule has 0 saturated carbocycles. The fourth-order valence-electron chi connectivity index (χ4n) is 3.33. The Morgan fingerprint density at radius 1 is 0.971 bits per heavy atom. The van der Waals surface area contributed by atoms with Crippen molar-refractivity contribution in [2.75, 3.05) is 0 Å². The third-order valence-corrected chi connectivity index (χ3v) is 6.98. The first-order chi connectivity index (χ1) is 16.7. The number of nitrogens with zero attached hydrogens (tertiary/aromatic N) is 2. The molecule has 7 nitrogen and oxygen atoms in total. The third kappa shape index (κ3) is 6.22. The SMILES string of the molecule is Cc1cc(C(=O)NS(=O)(=O)c2ccccc2)nn1Cc1cc(Cl)ccc1OCc1ccc(Cl)cc1. The van der Waals surface area contributed by atoms with E-state index < -0.39 is 15.9 Å². The van der Waals surface area contributed by atoms with Gasteiger partial charge in [0.15, 0.2) is 5.69 Å². The molecule has 10 heteroatoms. The van der Waals surface area contributed by atoms with E-state index in [0.29, 0.717) is 28.1 Å². The molecule has 0 aliphatic heterocycles. The number of carbonyl (C=O) groups excluding carboxylic acids is 1. The molecule has 180 valence electrons. The normalized spacial score (nSPS) is 11.3. The summed E-state index contributed by atoms with van der Waals surface area (Å²) < 4.78 is 34.6. The van der Waals surface area contributed by atoms with Crippen LogP contribution in [-0.2, 0) is 23.2 Å². The molecule has 0 aliphatic carbocycles. The van der Waals surface area contributed by atoms with Gasteiger partial charge in [-0.15, -0.1) is 0 Å². The van der Waals surface area contributed by atoms with Crippen LogP contribution in [0.4, 0.5) is 0 Å². The molecule has 4 rings (SSSR count). The Morgan fingerprint density at radius 3 is 2.37 bits per heavy atom. The van der Waals surface area contributed by atoms with Crippen LogP contribution in [0.2, 0.25) is 10.0 Å². The molecule has 1 aromatic heterocycles. The summed E-state index contributed by atoms with van der Waals surface area (Å²) >= 11 is 12.2. The van der Waals surface area contributed by atoms with Gasteiger partial charge < -0.3 is 4.74 Å². The Bertz CT molecular complexity index is 1450. The number of rotatable bonds is 8. The van der Waals surface area contributed by atoms with E-state index >= 15 is 0 Å². The van der Waals surface area contributed by atoms with Crippen molar-refractivity contribution in [1.82, 2.24) is 14.5 Å². The number of hydrogen-bond donors (Lipinski definition) is 1. The lowest BCUT2D eigenvalue weighted by Gasteiger charge is -2.13. The zero-order chi connectivity index (χ0) is 25.0. The van der Waals surface area contributed by atoms with Crippen molar-refractivity contribution in [1.29, 1.82) is 0 Å². The Balaban J connectivity index is 1.51. The molecule has 4 aromatic rings. The lowest BCUT2D eigenvalue weighted by Crippen LogP contribution is -2.31.